The highest BCUT2D eigenvalue weighted by molar-refractivity contribution is 6.00. The third-order valence-corrected chi connectivity index (χ3v) is 4.22. The molecule has 1 aliphatic heterocycles. The Balaban J connectivity index is 1.98. The van der Waals surface area contributed by atoms with Crippen molar-refractivity contribution in [2.45, 2.75) is 70.7 Å². The molecule has 0 aromatic heterocycles. The van der Waals surface area contributed by atoms with Crippen molar-refractivity contribution >= 4 is 11.9 Å². The molecular weight excluding hydrogens is 340 g/mol. The van der Waals surface area contributed by atoms with Crippen LogP contribution in [0.3, 0.4) is 0 Å². The number of nitrogens with one attached hydrogen (secondary N) is 2. The minimum atomic E-state index is -0.719. The summed E-state index contributed by atoms with van der Waals surface area (Å²) < 4.78 is 22.6. The van der Waals surface area contributed by atoms with Crippen molar-refractivity contribution in [3.63, 3.8) is 0 Å². The van der Waals surface area contributed by atoms with Gasteiger partial charge in [0.25, 0.3) is 5.91 Å². The number of carbonyl (C=O) groups is 2. The van der Waals surface area contributed by atoms with E-state index in [1.807, 2.05) is 34.6 Å². The van der Waals surface area contributed by atoms with Crippen LogP contribution >= 0.6 is 0 Å². The fourth-order valence-corrected chi connectivity index (χ4v) is 3.24. The van der Waals surface area contributed by atoms with Crippen molar-refractivity contribution in [1.82, 2.24) is 10.6 Å². The molecule has 3 amide bonds. The molecule has 2 aliphatic rings. The number of carbonyl (C=O) groups excluding carboxylic acids is 2. The molecule has 1 saturated carbocycles. The zero-order valence-corrected chi connectivity index (χ0v) is 16.3. The maximum atomic E-state index is 12.1. The van der Waals surface area contributed by atoms with Gasteiger partial charge in [-0.2, -0.15) is 0 Å². The topological polar surface area (TPSA) is 95.1 Å². The predicted octanol–water partition coefficient (Wildman–Crippen LogP) is 1.70. The third-order valence-electron chi connectivity index (χ3n) is 4.22. The highest BCUT2D eigenvalue weighted by Gasteiger charge is 2.54. The summed E-state index contributed by atoms with van der Waals surface area (Å²) in [4.78, 5) is 23.7. The van der Waals surface area contributed by atoms with Crippen LogP contribution in [0.5, 0.6) is 0 Å². The number of hydrogen-bond donors (Lipinski definition) is 2. The molecule has 1 aliphatic carbocycles. The zero-order chi connectivity index (χ0) is 19.5. The molecule has 0 bridgehead atoms. The molecular formula is C18H30N2O6. The number of amides is 3. The summed E-state index contributed by atoms with van der Waals surface area (Å²) in [6.07, 6.45) is 2.53. The van der Waals surface area contributed by atoms with Gasteiger partial charge in [0.15, 0.2) is 5.79 Å². The Hall–Kier alpha value is -1.64. The summed E-state index contributed by atoms with van der Waals surface area (Å²) >= 11 is 0. The first-order valence-corrected chi connectivity index (χ1v) is 8.81. The Bertz CT molecular complexity index is 554. The monoisotopic (exact) mass is 370 g/mol. The van der Waals surface area contributed by atoms with Gasteiger partial charge in [-0.25, -0.2) is 4.79 Å². The van der Waals surface area contributed by atoms with Gasteiger partial charge in [0.1, 0.15) is 6.10 Å². The standard InChI is InChI=1S/C18H30N2O6/c1-17(2,3)24-10-11-9-12(15-14(11)25-18(4,5)26-15)19-16(22)20-13(21)7-8-23-6/h7-8,11-12,14-15H,9-10H2,1-6H3,(H2,19,20,21,22)/b8-7+/t11-,12-,14-,15+/m0/s1. The summed E-state index contributed by atoms with van der Waals surface area (Å²) in [5.74, 6) is -1.19. The minimum Gasteiger partial charge on any atom is -0.504 e. The van der Waals surface area contributed by atoms with E-state index in [0.717, 1.165) is 6.08 Å². The molecule has 8 nitrogen and oxygen atoms in total. The summed E-state index contributed by atoms with van der Waals surface area (Å²) in [7, 11) is 1.42. The fourth-order valence-electron chi connectivity index (χ4n) is 3.24. The number of ether oxygens (including phenoxy) is 4. The average molecular weight is 370 g/mol. The van der Waals surface area contributed by atoms with Gasteiger partial charge in [-0.3, -0.25) is 10.1 Å². The quantitative estimate of drug-likeness (QED) is 0.565. The number of fused-ring (bicyclic) bond motifs is 1. The lowest BCUT2D eigenvalue weighted by Crippen LogP contribution is -2.48. The summed E-state index contributed by atoms with van der Waals surface area (Å²) in [6, 6.07) is -0.847. The Kier molecular flexibility index (Phi) is 6.31. The van der Waals surface area contributed by atoms with E-state index in [9.17, 15) is 9.59 Å². The maximum Gasteiger partial charge on any atom is 0.322 e. The van der Waals surface area contributed by atoms with E-state index in [1.54, 1.807) is 0 Å². The van der Waals surface area contributed by atoms with Crippen molar-refractivity contribution in [3.05, 3.63) is 12.3 Å². The molecule has 2 rings (SSSR count). The van der Waals surface area contributed by atoms with Gasteiger partial charge in [0, 0.05) is 12.0 Å². The Labute approximate surface area is 154 Å². The smallest absolute Gasteiger partial charge is 0.322 e. The van der Waals surface area contributed by atoms with Gasteiger partial charge < -0.3 is 24.3 Å². The van der Waals surface area contributed by atoms with Crippen LogP contribution in [0.4, 0.5) is 4.79 Å². The number of methoxy groups -OCH3 is 1. The van der Waals surface area contributed by atoms with Gasteiger partial charge in [-0.05, 0) is 41.0 Å². The van der Waals surface area contributed by atoms with E-state index in [1.165, 1.54) is 13.4 Å². The Morgan fingerprint density at radius 2 is 1.88 bits per heavy atom. The minimum absolute atomic E-state index is 0.0930. The van der Waals surface area contributed by atoms with E-state index in [4.69, 9.17) is 14.2 Å². The molecule has 2 fully saturated rings. The highest BCUT2D eigenvalue weighted by atomic mass is 16.8. The van der Waals surface area contributed by atoms with Gasteiger partial charge in [0.2, 0.25) is 0 Å². The second kappa shape index (κ2) is 7.94. The Morgan fingerprint density at radius 3 is 2.50 bits per heavy atom. The molecule has 0 aromatic carbocycles. The number of rotatable bonds is 5. The van der Waals surface area contributed by atoms with Gasteiger partial charge in [-0.1, -0.05) is 0 Å². The lowest BCUT2D eigenvalue weighted by Gasteiger charge is -2.26. The maximum absolute atomic E-state index is 12.1. The number of imide groups is 1. The summed E-state index contributed by atoms with van der Waals surface area (Å²) in [6.45, 7) is 10.2. The first kappa shape index (κ1) is 20.7. The first-order chi connectivity index (χ1) is 12.0. The number of urea groups is 1. The van der Waals surface area contributed by atoms with Crippen LogP contribution in [-0.2, 0) is 23.7 Å². The molecule has 2 N–H and O–H groups in total. The average Bonchev–Trinajstić information content (AvgIpc) is 2.96. The SMILES string of the molecule is CO/C=C/C(=O)NC(=O)N[C@H]1C[C@@H](COC(C)(C)C)[C@@H]2OC(C)(C)O[C@@H]21. The van der Waals surface area contributed by atoms with Crippen LogP contribution < -0.4 is 10.6 Å². The second-order valence-electron chi connectivity index (χ2n) is 8.09. The molecule has 26 heavy (non-hydrogen) atoms. The van der Waals surface area contributed by atoms with Gasteiger partial charge in [0.05, 0.1) is 37.7 Å². The fraction of sp³-hybridized carbons (Fsp3) is 0.778. The van der Waals surface area contributed by atoms with Crippen LogP contribution in [0.2, 0.25) is 0 Å². The molecule has 1 heterocycles. The molecule has 1 saturated heterocycles. The first-order valence-electron chi connectivity index (χ1n) is 8.81. The van der Waals surface area contributed by atoms with Gasteiger partial charge in [-0.15, -0.1) is 0 Å². The lowest BCUT2D eigenvalue weighted by molar-refractivity contribution is -0.162. The van der Waals surface area contributed by atoms with Crippen molar-refractivity contribution in [1.29, 1.82) is 0 Å². The van der Waals surface area contributed by atoms with Crippen molar-refractivity contribution < 1.29 is 28.5 Å². The number of hydrogen-bond acceptors (Lipinski definition) is 6. The van der Waals surface area contributed by atoms with Crippen LogP contribution in [0.15, 0.2) is 12.3 Å². The van der Waals surface area contributed by atoms with E-state index < -0.39 is 17.7 Å². The van der Waals surface area contributed by atoms with E-state index in [0.29, 0.717) is 13.0 Å². The van der Waals surface area contributed by atoms with Crippen molar-refractivity contribution in [2.24, 2.45) is 5.92 Å². The molecule has 0 aromatic rings. The molecule has 4 atom stereocenters. The molecule has 148 valence electrons. The Morgan fingerprint density at radius 1 is 1.23 bits per heavy atom. The van der Waals surface area contributed by atoms with Crippen molar-refractivity contribution in [2.75, 3.05) is 13.7 Å². The molecule has 8 heteroatoms. The van der Waals surface area contributed by atoms with Crippen LogP contribution in [0.25, 0.3) is 0 Å². The van der Waals surface area contributed by atoms with E-state index >= 15 is 0 Å². The van der Waals surface area contributed by atoms with Crippen molar-refractivity contribution in [3.8, 4) is 0 Å². The van der Waals surface area contributed by atoms with E-state index in [2.05, 4.69) is 15.4 Å². The van der Waals surface area contributed by atoms with E-state index in [-0.39, 0.29) is 29.8 Å². The van der Waals surface area contributed by atoms with Gasteiger partial charge >= 0.3 is 6.03 Å². The normalized spacial score (nSPS) is 30.2. The predicted molar refractivity (Wildman–Crippen MR) is 94.2 cm³/mol. The summed E-state index contributed by atoms with van der Waals surface area (Å²) in [5.41, 5.74) is -0.256. The molecule has 0 radical (unpaired) electrons. The largest absolute Gasteiger partial charge is 0.504 e. The van der Waals surface area contributed by atoms with Crippen LogP contribution in [0, 0.1) is 5.92 Å². The molecule has 0 unspecified atom stereocenters. The zero-order valence-electron chi connectivity index (χ0n) is 16.3. The lowest BCUT2D eigenvalue weighted by atomic mass is 10.1. The third kappa shape index (κ3) is 5.69. The second-order valence-corrected chi connectivity index (χ2v) is 8.09. The summed E-state index contributed by atoms with van der Waals surface area (Å²) in [5, 5.41) is 5.05. The van der Waals surface area contributed by atoms with Crippen LogP contribution in [-0.4, -0.2) is 55.3 Å². The molecule has 0 spiro atoms. The van der Waals surface area contributed by atoms with Crippen LogP contribution in [0.1, 0.15) is 41.0 Å². The highest BCUT2D eigenvalue weighted by Crippen LogP contribution is 2.42.